The molecule has 0 aliphatic rings. The van der Waals surface area contributed by atoms with E-state index in [1.807, 2.05) is 13.8 Å². The van der Waals surface area contributed by atoms with Gasteiger partial charge in [0.1, 0.15) is 5.69 Å². The van der Waals surface area contributed by atoms with Gasteiger partial charge in [0.2, 0.25) is 0 Å². The number of pyridine rings is 1. The monoisotopic (exact) mass is 257 g/mol. The molecule has 1 N–H and O–H groups in total. The van der Waals surface area contributed by atoms with E-state index < -0.39 is 4.92 Å². The molecule has 0 aromatic carbocycles. The van der Waals surface area contributed by atoms with Gasteiger partial charge in [-0.3, -0.25) is 15.1 Å². The number of nitro groups is 1. The summed E-state index contributed by atoms with van der Waals surface area (Å²) in [5.74, 6) is 0. The van der Waals surface area contributed by atoms with Gasteiger partial charge in [-0.25, -0.2) is 0 Å². The Kier molecular flexibility index (Phi) is 5.31. The van der Waals surface area contributed by atoms with Crippen molar-refractivity contribution in [3.8, 4) is 0 Å². The molecule has 17 heavy (non-hydrogen) atoms. The van der Waals surface area contributed by atoms with E-state index in [0.717, 1.165) is 13.0 Å². The first kappa shape index (κ1) is 13.9. The van der Waals surface area contributed by atoms with Crippen LogP contribution in [0.3, 0.4) is 0 Å². The van der Waals surface area contributed by atoms with Gasteiger partial charge in [-0.15, -0.1) is 0 Å². The Morgan fingerprint density at radius 3 is 2.82 bits per heavy atom. The van der Waals surface area contributed by atoms with E-state index in [9.17, 15) is 10.1 Å². The maximum absolute atomic E-state index is 10.9. The Labute approximate surface area is 105 Å². The molecule has 0 spiro atoms. The second-order valence-electron chi connectivity index (χ2n) is 3.74. The van der Waals surface area contributed by atoms with Crippen LogP contribution >= 0.6 is 11.6 Å². The van der Waals surface area contributed by atoms with Crippen molar-refractivity contribution < 1.29 is 4.92 Å². The van der Waals surface area contributed by atoms with Crippen molar-refractivity contribution in [2.45, 2.75) is 32.7 Å². The van der Waals surface area contributed by atoms with E-state index in [2.05, 4.69) is 10.3 Å². The molecule has 94 valence electrons. The van der Waals surface area contributed by atoms with Crippen LogP contribution in [-0.2, 0) is 6.42 Å². The molecule has 1 aromatic rings. The first-order chi connectivity index (χ1) is 8.08. The lowest BCUT2D eigenvalue weighted by atomic mass is 10.1. The van der Waals surface area contributed by atoms with E-state index >= 15 is 0 Å². The summed E-state index contributed by atoms with van der Waals surface area (Å²) in [5.41, 5.74) is 0.473. The van der Waals surface area contributed by atoms with Crippen molar-refractivity contribution in [2.24, 2.45) is 0 Å². The number of nitrogens with one attached hydrogen (secondary N) is 1. The molecule has 0 saturated heterocycles. The Bertz CT molecular complexity index is 398. The van der Waals surface area contributed by atoms with E-state index in [0.29, 0.717) is 12.1 Å². The number of hydrogen-bond donors (Lipinski definition) is 1. The molecular weight excluding hydrogens is 242 g/mol. The highest BCUT2D eigenvalue weighted by molar-refractivity contribution is 6.30. The first-order valence-electron chi connectivity index (χ1n) is 5.60. The first-order valence-corrected chi connectivity index (χ1v) is 5.98. The quantitative estimate of drug-likeness (QED) is 0.628. The van der Waals surface area contributed by atoms with Gasteiger partial charge in [-0.05, 0) is 13.0 Å². The molecule has 6 heteroatoms. The Morgan fingerprint density at radius 1 is 1.59 bits per heavy atom. The van der Waals surface area contributed by atoms with Gasteiger partial charge >= 0.3 is 0 Å². The van der Waals surface area contributed by atoms with Crippen LogP contribution in [0.1, 0.15) is 26.0 Å². The standard InChI is InChI=1S/C11H16ClN3O2/c1-3-9(13-4-2)6-10-11(15(16)17)5-8(12)7-14-10/h5,7,9,13H,3-4,6H2,1-2H3. The largest absolute Gasteiger partial charge is 0.314 e. The summed E-state index contributed by atoms with van der Waals surface area (Å²) in [4.78, 5) is 14.5. The third kappa shape index (κ3) is 3.94. The maximum atomic E-state index is 10.9. The predicted octanol–water partition coefficient (Wildman–Crippen LogP) is 2.57. The Balaban J connectivity index is 2.92. The van der Waals surface area contributed by atoms with Crippen molar-refractivity contribution >= 4 is 17.3 Å². The molecule has 0 aliphatic heterocycles. The Hall–Kier alpha value is -1.20. The molecule has 1 aromatic heterocycles. The molecule has 0 bridgehead atoms. The van der Waals surface area contributed by atoms with Crippen LogP contribution in [0, 0.1) is 10.1 Å². The molecule has 1 heterocycles. The lowest BCUT2D eigenvalue weighted by molar-refractivity contribution is -0.386. The van der Waals surface area contributed by atoms with Crippen molar-refractivity contribution in [1.82, 2.24) is 10.3 Å². The van der Waals surface area contributed by atoms with Crippen LogP contribution in [0.4, 0.5) is 5.69 Å². The topological polar surface area (TPSA) is 68.1 Å². The highest BCUT2D eigenvalue weighted by Crippen LogP contribution is 2.22. The van der Waals surface area contributed by atoms with Gasteiger partial charge in [0, 0.05) is 24.7 Å². The van der Waals surface area contributed by atoms with E-state index in [-0.39, 0.29) is 16.8 Å². The zero-order valence-corrected chi connectivity index (χ0v) is 10.7. The molecule has 0 amide bonds. The summed E-state index contributed by atoms with van der Waals surface area (Å²) < 4.78 is 0. The second kappa shape index (κ2) is 6.51. The summed E-state index contributed by atoms with van der Waals surface area (Å²) in [6.45, 7) is 4.88. The molecule has 5 nitrogen and oxygen atoms in total. The Morgan fingerprint density at radius 2 is 2.29 bits per heavy atom. The lowest BCUT2D eigenvalue weighted by Gasteiger charge is -2.14. The number of nitrogens with zero attached hydrogens (tertiary/aromatic N) is 2. The maximum Gasteiger partial charge on any atom is 0.292 e. The molecule has 1 rings (SSSR count). The van der Waals surface area contributed by atoms with Gasteiger partial charge in [0.25, 0.3) is 5.69 Å². The van der Waals surface area contributed by atoms with Crippen molar-refractivity contribution in [3.63, 3.8) is 0 Å². The van der Waals surface area contributed by atoms with Gasteiger partial charge in [0.15, 0.2) is 0 Å². The van der Waals surface area contributed by atoms with Gasteiger partial charge in [0.05, 0.1) is 9.95 Å². The summed E-state index contributed by atoms with van der Waals surface area (Å²) in [6.07, 6.45) is 2.88. The summed E-state index contributed by atoms with van der Waals surface area (Å²) in [6, 6.07) is 1.55. The summed E-state index contributed by atoms with van der Waals surface area (Å²) >= 11 is 5.71. The van der Waals surface area contributed by atoms with Gasteiger partial charge in [-0.2, -0.15) is 0 Å². The molecule has 0 fully saturated rings. The fourth-order valence-electron chi connectivity index (χ4n) is 1.66. The van der Waals surface area contributed by atoms with Crippen LogP contribution in [0.5, 0.6) is 0 Å². The van der Waals surface area contributed by atoms with E-state index in [1.54, 1.807) is 0 Å². The minimum Gasteiger partial charge on any atom is -0.314 e. The minimum absolute atomic E-state index is 0.00569. The predicted molar refractivity (Wildman–Crippen MR) is 67.4 cm³/mol. The van der Waals surface area contributed by atoms with Gasteiger partial charge in [-0.1, -0.05) is 25.4 Å². The SMILES string of the molecule is CCNC(CC)Cc1ncc(Cl)cc1[N+](=O)[O-]. The zero-order valence-electron chi connectivity index (χ0n) is 9.94. The molecule has 1 atom stereocenters. The fraction of sp³-hybridized carbons (Fsp3) is 0.545. The number of likely N-dealkylation sites (N-methyl/N-ethyl adjacent to an activating group) is 1. The second-order valence-corrected chi connectivity index (χ2v) is 4.18. The summed E-state index contributed by atoms with van der Waals surface area (Å²) in [5, 5.41) is 14.4. The summed E-state index contributed by atoms with van der Waals surface area (Å²) in [7, 11) is 0. The van der Waals surface area contributed by atoms with Crippen molar-refractivity contribution in [2.75, 3.05) is 6.54 Å². The van der Waals surface area contributed by atoms with E-state index in [4.69, 9.17) is 11.6 Å². The normalized spacial score (nSPS) is 12.4. The number of aromatic nitrogens is 1. The molecule has 0 aliphatic carbocycles. The van der Waals surface area contributed by atoms with E-state index in [1.165, 1.54) is 12.3 Å². The van der Waals surface area contributed by atoms with Crippen LogP contribution in [0.25, 0.3) is 0 Å². The van der Waals surface area contributed by atoms with Crippen LogP contribution < -0.4 is 5.32 Å². The number of rotatable bonds is 6. The third-order valence-electron chi connectivity index (χ3n) is 2.54. The third-order valence-corrected chi connectivity index (χ3v) is 2.74. The average Bonchev–Trinajstić information content (AvgIpc) is 2.30. The zero-order chi connectivity index (χ0) is 12.8. The highest BCUT2D eigenvalue weighted by atomic mass is 35.5. The highest BCUT2D eigenvalue weighted by Gasteiger charge is 2.18. The molecule has 1 unspecified atom stereocenters. The van der Waals surface area contributed by atoms with Crippen LogP contribution in [0.2, 0.25) is 5.02 Å². The number of halogens is 1. The number of hydrogen-bond acceptors (Lipinski definition) is 4. The lowest BCUT2D eigenvalue weighted by Crippen LogP contribution is -2.30. The molecule has 0 saturated carbocycles. The molecular formula is C11H16ClN3O2. The van der Waals surface area contributed by atoms with Crippen molar-refractivity contribution in [1.29, 1.82) is 0 Å². The smallest absolute Gasteiger partial charge is 0.292 e. The van der Waals surface area contributed by atoms with Crippen molar-refractivity contribution in [3.05, 3.63) is 33.1 Å². The molecule has 0 radical (unpaired) electrons. The fourth-order valence-corrected chi connectivity index (χ4v) is 1.81. The minimum atomic E-state index is -0.438. The van der Waals surface area contributed by atoms with Crippen LogP contribution in [0.15, 0.2) is 12.3 Å². The van der Waals surface area contributed by atoms with Crippen LogP contribution in [-0.4, -0.2) is 22.5 Å². The average molecular weight is 258 g/mol. The van der Waals surface area contributed by atoms with Gasteiger partial charge < -0.3 is 5.32 Å².